The quantitative estimate of drug-likeness (QED) is 0.339. The standard InChI is InChI=1S/C23H26F2N4O5/c1-3-4-20(23(32)26-13-15-5-7-19(8-6-15)29(33)34)28-22(31)14(2)27-21(30)11-16-9-17(24)12-18(25)10-16/h5-10,12,14,20H,3-4,11,13H2,1-2H3,(H,26,32)(H,27,30)(H,28,31)/t14-,20-/m0/s1. The Hall–Kier alpha value is -3.89. The normalized spacial score (nSPS) is 12.4. The number of rotatable bonds is 11. The van der Waals surface area contributed by atoms with Crippen molar-refractivity contribution in [1.29, 1.82) is 0 Å². The summed E-state index contributed by atoms with van der Waals surface area (Å²) < 4.78 is 26.6. The molecule has 3 N–H and O–H groups in total. The highest BCUT2D eigenvalue weighted by Gasteiger charge is 2.24. The number of hydrogen-bond acceptors (Lipinski definition) is 5. The van der Waals surface area contributed by atoms with E-state index in [0.717, 1.165) is 12.1 Å². The van der Waals surface area contributed by atoms with Crippen LogP contribution in [0.4, 0.5) is 14.5 Å². The van der Waals surface area contributed by atoms with E-state index in [0.29, 0.717) is 24.5 Å². The van der Waals surface area contributed by atoms with Crippen molar-refractivity contribution in [3.63, 3.8) is 0 Å². The molecule has 0 bridgehead atoms. The zero-order valence-corrected chi connectivity index (χ0v) is 18.8. The molecule has 0 heterocycles. The first kappa shape index (κ1) is 26.4. The molecule has 2 atom stereocenters. The van der Waals surface area contributed by atoms with Gasteiger partial charge in [-0.25, -0.2) is 8.78 Å². The van der Waals surface area contributed by atoms with E-state index < -0.39 is 46.4 Å². The maximum Gasteiger partial charge on any atom is 0.269 e. The lowest BCUT2D eigenvalue weighted by molar-refractivity contribution is -0.384. The molecule has 0 radical (unpaired) electrons. The van der Waals surface area contributed by atoms with E-state index in [1.165, 1.54) is 31.2 Å². The molecule has 0 aliphatic carbocycles. The maximum absolute atomic E-state index is 13.3. The minimum Gasteiger partial charge on any atom is -0.350 e. The second kappa shape index (κ2) is 12.4. The van der Waals surface area contributed by atoms with Gasteiger partial charge < -0.3 is 16.0 Å². The molecule has 0 aliphatic heterocycles. The number of benzene rings is 2. The Kier molecular flexibility index (Phi) is 9.60. The molecule has 0 aromatic heterocycles. The third-order valence-electron chi connectivity index (χ3n) is 4.88. The number of halogens is 2. The highest BCUT2D eigenvalue weighted by atomic mass is 19.1. The lowest BCUT2D eigenvalue weighted by Gasteiger charge is -2.21. The van der Waals surface area contributed by atoms with Crippen LogP contribution in [-0.4, -0.2) is 34.7 Å². The van der Waals surface area contributed by atoms with Gasteiger partial charge in [0.25, 0.3) is 5.69 Å². The van der Waals surface area contributed by atoms with Crippen molar-refractivity contribution in [2.24, 2.45) is 0 Å². The molecular formula is C23H26F2N4O5. The molecule has 2 aromatic carbocycles. The Labute approximate surface area is 195 Å². The fourth-order valence-electron chi connectivity index (χ4n) is 3.16. The van der Waals surface area contributed by atoms with E-state index in [2.05, 4.69) is 16.0 Å². The molecule has 2 rings (SSSR count). The maximum atomic E-state index is 13.3. The fraction of sp³-hybridized carbons (Fsp3) is 0.348. The molecule has 0 aliphatic rings. The van der Waals surface area contributed by atoms with Crippen LogP contribution in [0.3, 0.4) is 0 Å². The van der Waals surface area contributed by atoms with Crippen LogP contribution in [-0.2, 0) is 27.3 Å². The van der Waals surface area contributed by atoms with Gasteiger partial charge in [-0.2, -0.15) is 0 Å². The predicted octanol–water partition coefficient (Wildman–Crippen LogP) is 2.52. The minimum absolute atomic E-state index is 0.0650. The Morgan fingerprint density at radius 2 is 1.59 bits per heavy atom. The zero-order valence-electron chi connectivity index (χ0n) is 18.8. The van der Waals surface area contributed by atoms with E-state index in [4.69, 9.17) is 0 Å². The Balaban J connectivity index is 1.89. The van der Waals surface area contributed by atoms with Gasteiger partial charge in [0.1, 0.15) is 23.7 Å². The number of carbonyl (C=O) groups excluding carboxylic acids is 3. The molecule has 0 fully saturated rings. The van der Waals surface area contributed by atoms with Gasteiger partial charge >= 0.3 is 0 Å². The molecule has 9 nitrogen and oxygen atoms in total. The van der Waals surface area contributed by atoms with Crippen LogP contribution < -0.4 is 16.0 Å². The number of carbonyl (C=O) groups is 3. The first-order chi connectivity index (χ1) is 16.1. The minimum atomic E-state index is -0.993. The lowest BCUT2D eigenvalue weighted by atomic mass is 10.1. The predicted molar refractivity (Wildman–Crippen MR) is 119 cm³/mol. The molecule has 11 heteroatoms. The lowest BCUT2D eigenvalue weighted by Crippen LogP contribution is -2.52. The molecule has 0 saturated heterocycles. The van der Waals surface area contributed by atoms with Gasteiger partial charge in [0.15, 0.2) is 0 Å². The Bertz CT molecular complexity index is 1030. The van der Waals surface area contributed by atoms with E-state index in [1.54, 1.807) is 0 Å². The molecule has 0 unspecified atom stereocenters. The SMILES string of the molecule is CCC[C@H](NC(=O)[C@H](C)NC(=O)Cc1cc(F)cc(F)c1)C(=O)NCc1ccc([N+](=O)[O-])cc1. The van der Waals surface area contributed by atoms with Gasteiger partial charge in [-0.3, -0.25) is 24.5 Å². The number of nitro groups is 1. The highest BCUT2D eigenvalue weighted by Crippen LogP contribution is 2.12. The molecule has 3 amide bonds. The van der Waals surface area contributed by atoms with Gasteiger partial charge in [-0.15, -0.1) is 0 Å². The average Bonchev–Trinajstić information content (AvgIpc) is 2.76. The third-order valence-corrected chi connectivity index (χ3v) is 4.88. The monoisotopic (exact) mass is 476 g/mol. The van der Waals surface area contributed by atoms with Gasteiger partial charge in [-0.1, -0.05) is 25.5 Å². The smallest absolute Gasteiger partial charge is 0.269 e. The molecule has 34 heavy (non-hydrogen) atoms. The van der Waals surface area contributed by atoms with Crippen LogP contribution >= 0.6 is 0 Å². The van der Waals surface area contributed by atoms with Crippen molar-refractivity contribution in [3.05, 3.63) is 75.3 Å². The topological polar surface area (TPSA) is 130 Å². The summed E-state index contributed by atoms with van der Waals surface area (Å²) in [4.78, 5) is 47.5. The summed E-state index contributed by atoms with van der Waals surface area (Å²) in [6.07, 6.45) is 0.628. The van der Waals surface area contributed by atoms with Crippen molar-refractivity contribution in [3.8, 4) is 0 Å². The summed E-state index contributed by atoms with van der Waals surface area (Å²) >= 11 is 0. The van der Waals surface area contributed by atoms with Crippen molar-refractivity contribution in [2.45, 2.75) is 51.7 Å². The average molecular weight is 476 g/mol. The largest absolute Gasteiger partial charge is 0.350 e. The third kappa shape index (κ3) is 8.23. The van der Waals surface area contributed by atoms with Crippen LogP contribution in [0.25, 0.3) is 0 Å². The first-order valence-corrected chi connectivity index (χ1v) is 10.6. The van der Waals surface area contributed by atoms with E-state index in [1.807, 2.05) is 6.92 Å². The first-order valence-electron chi connectivity index (χ1n) is 10.6. The zero-order chi connectivity index (χ0) is 25.3. The van der Waals surface area contributed by atoms with E-state index >= 15 is 0 Å². The van der Waals surface area contributed by atoms with Gasteiger partial charge in [-0.05, 0) is 36.6 Å². The van der Waals surface area contributed by atoms with Crippen LogP contribution in [0.1, 0.15) is 37.8 Å². The number of amides is 3. The van der Waals surface area contributed by atoms with E-state index in [9.17, 15) is 33.3 Å². The molecule has 0 saturated carbocycles. The summed E-state index contributed by atoms with van der Waals surface area (Å²) in [5, 5.41) is 18.4. The molecule has 0 spiro atoms. The van der Waals surface area contributed by atoms with Crippen LogP contribution in [0.2, 0.25) is 0 Å². The number of nitrogens with one attached hydrogen (secondary N) is 3. The van der Waals surface area contributed by atoms with E-state index in [-0.39, 0.29) is 24.2 Å². The number of hydrogen-bond donors (Lipinski definition) is 3. The van der Waals surface area contributed by atoms with Gasteiger partial charge in [0.2, 0.25) is 17.7 Å². The number of nitro benzene ring substituents is 1. The van der Waals surface area contributed by atoms with Gasteiger partial charge in [0.05, 0.1) is 11.3 Å². The fourth-order valence-corrected chi connectivity index (χ4v) is 3.16. The van der Waals surface area contributed by atoms with Gasteiger partial charge in [0, 0.05) is 24.7 Å². The van der Waals surface area contributed by atoms with Crippen LogP contribution in [0.5, 0.6) is 0 Å². The Morgan fingerprint density at radius 3 is 2.15 bits per heavy atom. The Morgan fingerprint density at radius 1 is 0.971 bits per heavy atom. The summed E-state index contributed by atoms with van der Waals surface area (Å²) in [7, 11) is 0. The summed E-state index contributed by atoms with van der Waals surface area (Å²) in [5.74, 6) is -3.26. The van der Waals surface area contributed by atoms with Crippen molar-refractivity contribution in [2.75, 3.05) is 0 Å². The number of non-ortho nitro benzene ring substituents is 1. The molecule has 182 valence electrons. The summed E-state index contributed by atoms with van der Waals surface area (Å²) in [6, 6.07) is 6.60. The summed E-state index contributed by atoms with van der Waals surface area (Å²) in [6.45, 7) is 3.38. The second-order valence-electron chi connectivity index (χ2n) is 7.73. The van der Waals surface area contributed by atoms with Crippen molar-refractivity contribution < 1.29 is 28.1 Å². The second-order valence-corrected chi connectivity index (χ2v) is 7.73. The van der Waals surface area contributed by atoms with Crippen molar-refractivity contribution in [1.82, 2.24) is 16.0 Å². The van der Waals surface area contributed by atoms with Crippen LogP contribution in [0, 0.1) is 21.7 Å². The van der Waals surface area contributed by atoms with Crippen molar-refractivity contribution >= 4 is 23.4 Å². The molecular weight excluding hydrogens is 450 g/mol. The summed E-state index contributed by atoms with van der Waals surface area (Å²) in [5.41, 5.74) is 0.705. The number of nitrogens with zero attached hydrogens (tertiary/aromatic N) is 1. The molecule has 2 aromatic rings. The highest BCUT2D eigenvalue weighted by molar-refractivity contribution is 5.92. The van der Waals surface area contributed by atoms with Crippen LogP contribution in [0.15, 0.2) is 42.5 Å².